The minimum Gasteiger partial charge on any atom is -0.616 e. The summed E-state index contributed by atoms with van der Waals surface area (Å²) in [5, 5.41) is 0.603. The Morgan fingerprint density at radius 1 is 1.44 bits per heavy atom. The standard InChI is InChI=1S/C6H10OS2/c7-9-2-1-6(9)5-3-8-4-5/h5-6H,1-4H2. The van der Waals surface area contributed by atoms with E-state index in [1.54, 1.807) is 0 Å². The predicted octanol–water partition coefficient (Wildman–Crippen LogP) is 0.870. The summed E-state index contributed by atoms with van der Waals surface area (Å²) in [5.41, 5.74) is 0. The predicted molar refractivity (Wildman–Crippen MR) is 42.2 cm³/mol. The van der Waals surface area contributed by atoms with Crippen molar-refractivity contribution in [1.82, 2.24) is 0 Å². The normalized spacial score (nSPS) is 43.7. The second-order valence-corrected chi connectivity index (χ2v) is 5.56. The molecule has 0 aromatic heterocycles. The van der Waals surface area contributed by atoms with E-state index in [2.05, 4.69) is 0 Å². The molecule has 2 rings (SSSR count). The van der Waals surface area contributed by atoms with Crippen LogP contribution >= 0.6 is 11.8 Å². The Kier molecular flexibility index (Phi) is 1.67. The van der Waals surface area contributed by atoms with Gasteiger partial charge in [0.1, 0.15) is 11.0 Å². The van der Waals surface area contributed by atoms with Gasteiger partial charge in [0.2, 0.25) is 0 Å². The van der Waals surface area contributed by atoms with Gasteiger partial charge >= 0.3 is 0 Å². The van der Waals surface area contributed by atoms with Gasteiger partial charge in [0.15, 0.2) is 0 Å². The van der Waals surface area contributed by atoms with E-state index >= 15 is 0 Å². The van der Waals surface area contributed by atoms with Crippen LogP contribution < -0.4 is 0 Å². The summed E-state index contributed by atoms with van der Waals surface area (Å²) in [5.74, 6) is 4.35. The lowest BCUT2D eigenvalue weighted by Crippen LogP contribution is -2.47. The van der Waals surface area contributed by atoms with E-state index in [9.17, 15) is 4.55 Å². The molecule has 0 radical (unpaired) electrons. The van der Waals surface area contributed by atoms with Crippen molar-refractivity contribution in [2.24, 2.45) is 5.92 Å². The van der Waals surface area contributed by atoms with Gasteiger partial charge in [-0.05, 0) is 0 Å². The molecule has 2 fully saturated rings. The smallest absolute Gasteiger partial charge is 0.124 e. The van der Waals surface area contributed by atoms with Crippen LogP contribution in [0.3, 0.4) is 0 Å². The number of hydrogen-bond donors (Lipinski definition) is 0. The maximum atomic E-state index is 11.0. The van der Waals surface area contributed by atoms with Crippen molar-refractivity contribution in [2.75, 3.05) is 17.3 Å². The third-order valence-electron chi connectivity index (χ3n) is 2.13. The molecule has 0 saturated carbocycles. The lowest BCUT2D eigenvalue weighted by molar-refractivity contribution is 0.483. The van der Waals surface area contributed by atoms with Crippen LogP contribution in [0.4, 0.5) is 0 Å². The molecule has 0 bridgehead atoms. The minimum absolute atomic E-state index is 0.422. The lowest BCUT2D eigenvalue weighted by atomic mass is 10.1. The first-order valence-corrected chi connectivity index (χ1v) is 5.86. The molecule has 2 unspecified atom stereocenters. The molecular formula is C6H10OS2. The Morgan fingerprint density at radius 2 is 2.22 bits per heavy atom. The summed E-state index contributed by atoms with van der Waals surface area (Å²) < 4.78 is 11.0. The van der Waals surface area contributed by atoms with Gasteiger partial charge < -0.3 is 4.55 Å². The molecule has 0 N–H and O–H groups in total. The highest BCUT2D eigenvalue weighted by Gasteiger charge is 2.42. The van der Waals surface area contributed by atoms with E-state index < -0.39 is 11.2 Å². The van der Waals surface area contributed by atoms with Gasteiger partial charge in [-0.2, -0.15) is 11.8 Å². The molecule has 1 nitrogen and oxygen atoms in total. The molecule has 0 amide bonds. The first-order valence-electron chi connectivity index (χ1n) is 3.33. The fourth-order valence-electron chi connectivity index (χ4n) is 1.27. The zero-order valence-electron chi connectivity index (χ0n) is 5.21. The van der Waals surface area contributed by atoms with E-state index in [-0.39, 0.29) is 0 Å². The molecule has 0 aliphatic carbocycles. The average molecular weight is 162 g/mol. The molecule has 3 heteroatoms. The summed E-state index contributed by atoms with van der Waals surface area (Å²) in [6, 6.07) is 0. The Hall–Kier alpha value is 0.660. The molecule has 0 aromatic carbocycles. The van der Waals surface area contributed by atoms with Crippen molar-refractivity contribution < 1.29 is 4.55 Å². The first kappa shape index (κ1) is 6.38. The highest BCUT2D eigenvalue weighted by molar-refractivity contribution is 8.00. The van der Waals surface area contributed by atoms with E-state index in [0.717, 1.165) is 11.7 Å². The van der Waals surface area contributed by atoms with Crippen LogP contribution in [0.5, 0.6) is 0 Å². The zero-order chi connectivity index (χ0) is 6.27. The van der Waals surface area contributed by atoms with Crippen molar-refractivity contribution in [2.45, 2.75) is 11.7 Å². The third-order valence-corrected chi connectivity index (χ3v) is 5.39. The van der Waals surface area contributed by atoms with Gasteiger partial charge in [-0.3, -0.25) is 0 Å². The van der Waals surface area contributed by atoms with Gasteiger partial charge in [-0.25, -0.2) is 0 Å². The van der Waals surface area contributed by atoms with Crippen LogP contribution in [0.1, 0.15) is 6.42 Å². The van der Waals surface area contributed by atoms with Gasteiger partial charge in [0.25, 0.3) is 0 Å². The Labute approximate surface area is 62.8 Å². The van der Waals surface area contributed by atoms with Crippen LogP contribution in [0.25, 0.3) is 0 Å². The number of thioether (sulfide) groups is 1. The molecule has 9 heavy (non-hydrogen) atoms. The van der Waals surface area contributed by atoms with Crippen molar-refractivity contribution in [3.05, 3.63) is 0 Å². The van der Waals surface area contributed by atoms with Crippen molar-refractivity contribution in [1.29, 1.82) is 0 Å². The fraction of sp³-hybridized carbons (Fsp3) is 1.00. The quantitative estimate of drug-likeness (QED) is 0.534. The van der Waals surface area contributed by atoms with Crippen LogP contribution in [-0.2, 0) is 11.2 Å². The zero-order valence-corrected chi connectivity index (χ0v) is 6.84. The van der Waals surface area contributed by atoms with Gasteiger partial charge in [0, 0.05) is 23.8 Å². The Bertz CT molecular complexity index is 114. The average Bonchev–Trinajstić information content (AvgIpc) is 1.74. The molecule has 2 aliphatic rings. The van der Waals surface area contributed by atoms with Gasteiger partial charge in [0.05, 0.1) is 0 Å². The SMILES string of the molecule is [O-][S+]1CCC1C1CSC1. The second kappa shape index (κ2) is 2.36. The molecule has 0 aromatic rings. The topological polar surface area (TPSA) is 23.1 Å². The van der Waals surface area contributed by atoms with Gasteiger partial charge in [-0.15, -0.1) is 0 Å². The molecule has 2 saturated heterocycles. The van der Waals surface area contributed by atoms with Crippen LogP contribution in [-0.4, -0.2) is 27.1 Å². The highest BCUT2D eigenvalue weighted by Crippen LogP contribution is 2.37. The summed E-state index contributed by atoms with van der Waals surface area (Å²) in [4.78, 5) is 0. The van der Waals surface area contributed by atoms with E-state index in [1.807, 2.05) is 11.8 Å². The molecule has 2 aliphatic heterocycles. The largest absolute Gasteiger partial charge is 0.616 e. The summed E-state index contributed by atoms with van der Waals surface area (Å²) in [6.07, 6.45) is 1.23. The monoisotopic (exact) mass is 162 g/mol. The van der Waals surface area contributed by atoms with Crippen LogP contribution in [0, 0.1) is 5.92 Å². The van der Waals surface area contributed by atoms with Crippen LogP contribution in [0.2, 0.25) is 0 Å². The van der Waals surface area contributed by atoms with E-state index in [4.69, 9.17) is 0 Å². The third kappa shape index (κ3) is 0.994. The molecular weight excluding hydrogens is 152 g/mol. The maximum absolute atomic E-state index is 11.0. The Morgan fingerprint density at radius 3 is 2.33 bits per heavy atom. The van der Waals surface area contributed by atoms with Crippen molar-refractivity contribution in [3.63, 3.8) is 0 Å². The van der Waals surface area contributed by atoms with Crippen molar-refractivity contribution in [3.8, 4) is 0 Å². The molecule has 2 atom stereocenters. The Balaban J connectivity index is 1.83. The van der Waals surface area contributed by atoms with Gasteiger partial charge in [-0.1, -0.05) is 11.2 Å². The molecule has 0 spiro atoms. The summed E-state index contributed by atoms with van der Waals surface area (Å²) in [6.45, 7) is 0. The lowest BCUT2D eigenvalue weighted by Gasteiger charge is -2.39. The summed E-state index contributed by atoms with van der Waals surface area (Å²) >= 11 is 1.57. The minimum atomic E-state index is -0.422. The fourth-order valence-corrected chi connectivity index (χ4v) is 3.81. The second-order valence-electron chi connectivity index (χ2n) is 2.71. The summed E-state index contributed by atoms with van der Waals surface area (Å²) in [7, 11) is 0. The van der Waals surface area contributed by atoms with Crippen LogP contribution in [0.15, 0.2) is 0 Å². The highest BCUT2D eigenvalue weighted by atomic mass is 32.2. The molecule has 2 heterocycles. The first-order chi connectivity index (χ1) is 4.38. The van der Waals surface area contributed by atoms with E-state index in [0.29, 0.717) is 5.25 Å². The van der Waals surface area contributed by atoms with Crippen molar-refractivity contribution >= 4 is 22.9 Å². The number of hydrogen-bond acceptors (Lipinski definition) is 2. The number of rotatable bonds is 1. The maximum Gasteiger partial charge on any atom is 0.124 e. The van der Waals surface area contributed by atoms with E-state index in [1.165, 1.54) is 17.9 Å². The molecule has 52 valence electrons.